The topological polar surface area (TPSA) is 49.3 Å². The van der Waals surface area contributed by atoms with Crippen molar-refractivity contribution in [1.29, 1.82) is 0 Å². The van der Waals surface area contributed by atoms with Crippen LogP contribution in [0, 0.1) is 5.82 Å². The molecule has 0 bridgehead atoms. The molecule has 1 heterocycles. The minimum Gasteiger partial charge on any atom is -0.385 e. The summed E-state index contributed by atoms with van der Waals surface area (Å²) in [4.78, 5) is 11.2. The maximum absolute atomic E-state index is 12.9. The van der Waals surface area contributed by atoms with Gasteiger partial charge in [-0.05, 0) is 25.1 Å². The number of rotatable bonds is 0. The number of anilines is 1. The van der Waals surface area contributed by atoms with E-state index in [2.05, 4.69) is 5.32 Å². The van der Waals surface area contributed by atoms with E-state index in [-0.39, 0.29) is 12.3 Å². The zero-order valence-corrected chi connectivity index (χ0v) is 7.67. The van der Waals surface area contributed by atoms with Crippen molar-refractivity contribution >= 4 is 11.6 Å². The minimum atomic E-state index is -1.28. The lowest BCUT2D eigenvalue weighted by molar-refractivity contribution is -0.121. The summed E-state index contributed by atoms with van der Waals surface area (Å²) in [6.45, 7) is 1.50. The van der Waals surface area contributed by atoms with Gasteiger partial charge in [-0.3, -0.25) is 4.79 Å². The molecule has 1 aliphatic heterocycles. The zero-order chi connectivity index (χ0) is 10.3. The predicted molar refractivity (Wildman–Crippen MR) is 49.2 cm³/mol. The van der Waals surface area contributed by atoms with Crippen LogP contribution in [0.15, 0.2) is 18.2 Å². The van der Waals surface area contributed by atoms with Crippen LogP contribution in [-0.4, -0.2) is 11.0 Å². The lowest BCUT2D eigenvalue weighted by atomic mass is 9.88. The van der Waals surface area contributed by atoms with Crippen LogP contribution in [0.4, 0.5) is 10.1 Å². The second-order valence-electron chi connectivity index (χ2n) is 3.69. The van der Waals surface area contributed by atoms with Gasteiger partial charge >= 0.3 is 0 Å². The molecule has 0 radical (unpaired) electrons. The number of amides is 1. The molecule has 1 amide bonds. The summed E-state index contributed by atoms with van der Waals surface area (Å²) in [5.74, 6) is -0.672. The fourth-order valence-electron chi connectivity index (χ4n) is 1.67. The third kappa shape index (κ3) is 1.37. The van der Waals surface area contributed by atoms with Gasteiger partial charge in [-0.25, -0.2) is 4.39 Å². The summed E-state index contributed by atoms with van der Waals surface area (Å²) >= 11 is 0. The molecule has 0 fully saturated rings. The van der Waals surface area contributed by atoms with E-state index in [0.717, 1.165) is 0 Å². The van der Waals surface area contributed by atoms with Crippen molar-refractivity contribution in [3.63, 3.8) is 0 Å². The van der Waals surface area contributed by atoms with Gasteiger partial charge in [0.05, 0.1) is 12.0 Å². The van der Waals surface area contributed by atoms with Gasteiger partial charge in [-0.2, -0.15) is 0 Å². The Hall–Kier alpha value is -1.42. The van der Waals surface area contributed by atoms with Crippen LogP contribution in [0.1, 0.15) is 18.9 Å². The van der Waals surface area contributed by atoms with Gasteiger partial charge in [0.25, 0.3) is 0 Å². The highest BCUT2D eigenvalue weighted by atomic mass is 19.1. The average Bonchev–Trinajstić information content (AvgIpc) is 2.05. The molecule has 3 nitrogen and oxygen atoms in total. The first kappa shape index (κ1) is 9.15. The second-order valence-corrected chi connectivity index (χ2v) is 3.69. The van der Waals surface area contributed by atoms with Crippen LogP contribution in [0.25, 0.3) is 0 Å². The SMILES string of the molecule is CC1(O)CC(=O)Nc2ccc(F)cc21. The van der Waals surface area contributed by atoms with Crippen molar-refractivity contribution in [3.8, 4) is 0 Å². The van der Waals surface area contributed by atoms with Gasteiger partial charge in [0, 0.05) is 11.3 Å². The van der Waals surface area contributed by atoms with Crippen LogP contribution in [0.3, 0.4) is 0 Å². The van der Waals surface area contributed by atoms with Crippen molar-refractivity contribution in [2.24, 2.45) is 0 Å². The van der Waals surface area contributed by atoms with E-state index >= 15 is 0 Å². The van der Waals surface area contributed by atoms with E-state index in [1.54, 1.807) is 0 Å². The van der Waals surface area contributed by atoms with Crippen LogP contribution in [0.2, 0.25) is 0 Å². The standard InChI is InChI=1S/C10H10FNO2/c1-10(14)5-9(13)12-8-3-2-6(11)4-7(8)10/h2-4,14H,5H2,1H3,(H,12,13). The molecular formula is C10H10FNO2. The number of carbonyl (C=O) groups excluding carboxylic acids is 1. The maximum Gasteiger partial charge on any atom is 0.227 e. The third-order valence-electron chi connectivity index (χ3n) is 2.34. The van der Waals surface area contributed by atoms with Crippen molar-refractivity contribution in [3.05, 3.63) is 29.6 Å². The molecule has 14 heavy (non-hydrogen) atoms. The number of halogens is 1. The van der Waals surface area contributed by atoms with Crippen molar-refractivity contribution < 1.29 is 14.3 Å². The molecule has 1 aliphatic rings. The molecule has 0 saturated heterocycles. The Kier molecular flexibility index (Phi) is 1.82. The molecule has 0 saturated carbocycles. The first-order valence-corrected chi connectivity index (χ1v) is 4.31. The van der Waals surface area contributed by atoms with Crippen molar-refractivity contribution in [2.75, 3.05) is 5.32 Å². The molecule has 1 aromatic carbocycles. The number of hydrogen-bond donors (Lipinski definition) is 2. The van der Waals surface area contributed by atoms with Gasteiger partial charge in [-0.15, -0.1) is 0 Å². The van der Waals surface area contributed by atoms with Crippen LogP contribution >= 0.6 is 0 Å². The van der Waals surface area contributed by atoms with E-state index in [1.165, 1.54) is 25.1 Å². The second kappa shape index (κ2) is 2.78. The third-order valence-corrected chi connectivity index (χ3v) is 2.34. The fourth-order valence-corrected chi connectivity index (χ4v) is 1.67. The summed E-state index contributed by atoms with van der Waals surface area (Å²) in [6, 6.07) is 3.95. The lowest BCUT2D eigenvalue weighted by Crippen LogP contribution is -2.34. The largest absolute Gasteiger partial charge is 0.385 e. The summed E-state index contributed by atoms with van der Waals surface area (Å²) in [5.41, 5.74) is -0.371. The van der Waals surface area contributed by atoms with Gasteiger partial charge in [-0.1, -0.05) is 0 Å². The molecule has 1 aromatic rings. The first-order chi connectivity index (χ1) is 6.49. The predicted octanol–water partition coefficient (Wildman–Crippen LogP) is 1.38. The Morgan fingerprint density at radius 3 is 3.00 bits per heavy atom. The highest BCUT2D eigenvalue weighted by Gasteiger charge is 2.34. The Morgan fingerprint density at radius 1 is 1.57 bits per heavy atom. The van der Waals surface area contributed by atoms with E-state index < -0.39 is 11.4 Å². The smallest absolute Gasteiger partial charge is 0.227 e. The monoisotopic (exact) mass is 195 g/mol. The quantitative estimate of drug-likeness (QED) is 0.657. The molecule has 0 spiro atoms. The average molecular weight is 195 g/mol. The van der Waals surface area contributed by atoms with Crippen LogP contribution in [0.5, 0.6) is 0 Å². The van der Waals surface area contributed by atoms with Crippen LogP contribution < -0.4 is 5.32 Å². The van der Waals surface area contributed by atoms with Crippen LogP contribution in [-0.2, 0) is 10.4 Å². The van der Waals surface area contributed by atoms with Gasteiger partial charge < -0.3 is 10.4 Å². The fraction of sp³-hybridized carbons (Fsp3) is 0.300. The highest BCUT2D eigenvalue weighted by molar-refractivity contribution is 5.95. The molecule has 1 atom stereocenters. The molecule has 0 aliphatic carbocycles. The number of nitrogens with one attached hydrogen (secondary N) is 1. The zero-order valence-electron chi connectivity index (χ0n) is 7.67. The van der Waals surface area contributed by atoms with E-state index in [1.807, 2.05) is 0 Å². The lowest BCUT2D eigenvalue weighted by Gasteiger charge is -2.30. The van der Waals surface area contributed by atoms with Gasteiger partial charge in [0.2, 0.25) is 5.91 Å². The normalized spacial score (nSPS) is 25.5. The van der Waals surface area contributed by atoms with Crippen molar-refractivity contribution in [2.45, 2.75) is 18.9 Å². The van der Waals surface area contributed by atoms with Gasteiger partial charge in [0.15, 0.2) is 0 Å². The summed E-state index contributed by atoms with van der Waals surface area (Å²) in [7, 11) is 0. The Morgan fingerprint density at radius 2 is 2.29 bits per heavy atom. The Labute approximate surface area is 80.6 Å². The number of aliphatic hydroxyl groups is 1. The molecule has 4 heteroatoms. The van der Waals surface area contributed by atoms with Crippen molar-refractivity contribution in [1.82, 2.24) is 0 Å². The number of fused-ring (bicyclic) bond motifs is 1. The van der Waals surface area contributed by atoms with Gasteiger partial charge in [0.1, 0.15) is 5.82 Å². The van der Waals surface area contributed by atoms with E-state index in [9.17, 15) is 14.3 Å². The molecule has 1 unspecified atom stereocenters. The summed E-state index contributed by atoms with van der Waals surface area (Å²) < 4.78 is 12.9. The number of benzene rings is 1. The molecular weight excluding hydrogens is 185 g/mol. The maximum atomic E-state index is 12.9. The summed E-state index contributed by atoms with van der Waals surface area (Å²) in [6.07, 6.45) is -0.0382. The summed E-state index contributed by atoms with van der Waals surface area (Å²) in [5, 5.41) is 12.5. The molecule has 74 valence electrons. The van der Waals surface area contributed by atoms with E-state index in [4.69, 9.17) is 0 Å². The Balaban J connectivity index is 2.58. The minimum absolute atomic E-state index is 0.0382. The number of carbonyl (C=O) groups is 1. The Bertz CT molecular complexity index is 401. The molecule has 0 aromatic heterocycles. The highest BCUT2D eigenvalue weighted by Crippen LogP contribution is 2.35. The number of hydrogen-bond acceptors (Lipinski definition) is 2. The molecule has 2 N–H and O–H groups in total. The first-order valence-electron chi connectivity index (χ1n) is 4.31. The van der Waals surface area contributed by atoms with E-state index in [0.29, 0.717) is 11.3 Å². The molecule has 2 rings (SSSR count).